The lowest BCUT2D eigenvalue weighted by Gasteiger charge is -2.29. The second-order valence-electron chi connectivity index (χ2n) is 11.8. The highest BCUT2D eigenvalue weighted by Crippen LogP contribution is 2.43. The number of halogens is 1. The molecule has 2 aliphatic heterocycles. The molecule has 2 aliphatic carbocycles. The van der Waals surface area contributed by atoms with E-state index in [1.807, 2.05) is 35.9 Å². The molecule has 0 radical (unpaired) electrons. The van der Waals surface area contributed by atoms with Gasteiger partial charge in [-0.05, 0) is 84.8 Å². The average Bonchev–Trinajstić information content (AvgIpc) is 3.58. The summed E-state index contributed by atoms with van der Waals surface area (Å²) in [7, 11) is 1.86. The number of hydrogen-bond acceptors (Lipinski definition) is 6. The Hall–Kier alpha value is -4.68. The minimum atomic E-state index is -0.339. The third kappa shape index (κ3) is 4.05. The summed E-state index contributed by atoms with van der Waals surface area (Å²) in [6.45, 7) is 1.75. The molecule has 0 N–H and O–H groups in total. The normalized spacial score (nSPS) is 20.9. The molecular weight excluding hydrogens is 529 g/mol. The molecular formula is C33H28FN7O. The Morgan fingerprint density at radius 3 is 2.64 bits per heavy atom. The van der Waals surface area contributed by atoms with Gasteiger partial charge in [0.2, 0.25) is 0 Å². The van der Waals surface area contributed by atoms with E-state index >= 15 is 4.39 Å². The quantitative estimate of drug-likeness (QED) is 0.297. The van der Waals surface area contributed by atoms with Gasteiger partial charge in [-0.15, -0.1) is 10.2 Å². The van der Waals surface area contributed by atoms with Crippen molar-refractivity contribution in [3.63, 3.8) is 0 Å². The molecule has 2 fully saturated rings. The topological polar surface area (TPSA) is 90.9 Å². The van der Waals surface area contributed by atoms with Crippen LogP contribution >= 0.6 is 0 Å². The molecule has 9 heteroatoms. The largest absolute Gasteiger partial charge is 0.317 e. The number of anilines is 1. The van der Waals surface area contributed by atoms with Crippen LogP contribution in [0.5, 0.6) is 0 Å². The summed E-state index contributed by atoms with van der Waals surface area (Å²) < 4.78 is 17.3. The fourth-order valence-electron chi connectivity index (χ4n) is 6.60. The number of nitrogens with zero attached hydrogens (tertiary/aromatic N) is 7. The molecule has 4 aliphatic rings. The summed E-state index contributed by atoms with van der Waals surface area (Å²) in [6.07, 6.45) is 9.30. The minimum Gasteiger partial charge on any atom is -0.317 e. The van der Waals surface area contributed by atoms with E-state index in [-0.39, 0.29) is 18.3 Å². The summed E-state index contributed by atoms with van der Waals surface area (Å²) in [5, 5.41) is 17.9. The van der Waals surface area contributed by atoms with Crippen molar-refractivity contribution in [2.24, 2.45) is 13.0 Å². The van der Waals surface area contributed by atoms with Gasteiger partial charge in [-0.1, -0.05) is 18.2 Å². The highest BCUT2D eigenvalue weighted by molar-refractivity contribution is 6.10. The van der Waals surface area contributed by atoms with Crippen molar-refractivity contribution in [3.05, 3.63) is 94.7 Å². The Morgan fingerprint density at radius 2 is 1.93 bits per heavy atom. The molecule has 8 rings (SSSR count). The van der Waals surface area contributed by atoms with Crippen LogP contribution in [0.4, 0.5) is 10.2 Å². The van der Waals surface area contributed by atoms with Gasteiger partial charge in [0.25, 0.3) is 5.91 Å². The SMILES string of the molecule is Cn1cnnc1-c1cc(C#N)ccc1-c1cc(C2CC2)nc(N2Cc3c(F)cc(CN4CC[C@@H]5C=C[C@@H]54)cc3C2=O)c1. The van der Waals surface area contributed by atoms with Crippen molar-refractivity contribution in [1.29, 1.82) is 5.26 Å². The van der Waals surface area contributed by atoms with Crippen molar-refractivity contribution in [2.45, 2.75) is 44.3 Å². The molecule has 208 valence electrons. The van der Waals surface area contributed by atoms with Crippen molar-refractivity contribution in [1.82, 2.24) is 24.6 Å². The van der Waals surface area contributed by atoms with E-state index in [0.29, 0.717) is 52.8 Å². The summed E-state index contributed by atoms with van der Waals surface area (Å²) in [5.41, 5.74) is 5.60. The lowest BCUT2D eigenvalue weighted by molar-refractivity contribution is 0.0995. The number of benzene rings is 2. The molecule has 2 atom stereocenters. The van der Waals surface area contributed by atoms with E-state index in [9.17, 15) is 10.1 Å². The number of hydrogen-bond donors (Lipinski definition) is 0. The van der Waals surface area contributed by atoms with Crippen LogP contribution in [0.1, 0.15) is 57.9 Å². The minimum absolute atomic E-state index is 0.140. The maximum atomic E-state index is 15.5. The van der Waals surface area contributed by atoms with Crippen molar-refractivity contribution in [3.8, 4) is 28.6 Å². The fraction of sp³-hybridized carbons (Fsp3) is 0.303. The van der Waals surface area contributed by atoms with E-state index in [1.165, 1.54) is 0 Å². The Kier molecular flexibility index (Phi) is 5.63. The van der Waals surface area contributed by atoms with E-state index in [0.717, 1.165) is 53.8 Å². The standard InChI is InChI=1S/C33H28FN7O/c1-39-18-36-38-32(39)25-10-19(15-35)2-6-24(25)23-13-29(21-3-4-21)37-31(14-23)41-17-27-26(33(41)42)11-20(12-28(27)34)16-40-9-8-22-5-7-30(22)40/h2,5-7,10-14,18,21-22,30H,3-4,8-9,16-17H2,1H3/t22-,30-/m0/s1. The summed E-state index contributed by atoms with van der Waals surface area (Å²) in [6, 6.07) is 15.6. The first-order valence-electron chi connectivity index (χ1n) is 14.4. The maximum Gasteiger partial charge on any atom is 0.260 e. The highest BCUT2D eigenvalue weighted by atomic mass is 19.1. The monoisotopic (exact) mass is 557 g/mol. The number of nitriles is 1. The lowest BCUT2D eigenvalue weighted by atomic mass is 9.90. The molecule has 0 spiro atoms. The van der Waals surface area contributed by atoms with Gasteiger partial charge < -0.3 is 4.57 Å². The molecule has 1 amide bonds. The number of aromatic nitrogens is 4. The van der Waals surface area contributed by atoms with Gasteiger partial charge in [-0.25, -0.2) is 9.37 Å². The van der Waals surface area contributed by atoms with Crippen molar-refractivity contribution in [2.75, 3.05) is 11.4 Å². The molecule has 0 unspecified atom stereocenters. The zero-order valence-electron chi connectivity index (χ0n) is 23.2. The molecule has 2 aromatic heterocycles. The van der Waals surface area contributed by atoms with Gasteiger partial charge in [0.05, 0.1) is 18.2 Å². The first kappa shape index (κ1) is 25.1. The molecule has 42 heavy (non-hydrogen) atoms. The van der Waals surface area contributed by atoms with Gasteiger partial charge in [-0.3, -0.25) is 14.6 Å². The highest BCUT2D eigenvalue weighted by Gasteiger charge is 2.37. The lowest BCUT2D eigenvalue weighted by Crippen LogP contribution is -2.34. The van der Waals surface area contributed by atoms with Crippen LogP contribution < -0.4 is 4.90 Å². The van der Waals surface area contributed by atoms with Crippen LogP contribution in [0.3, 0.4) is 0 Å². The number of rotatable bonds is 6. The Bertz CT molecular complexity index is 1850. The maximum absolute atomic E-state index is 15.5. The number of carbonyl (C=O) groups excluding carboxylic acids is 1. The van der Waals surface area contributed by atoms with Gasteiger partial charge in [0, 0.05) is 47.9 Å². The first-order valence-corrected chi connectivity index (χ1v) is 14.4. The molecule has 2 aromatic carbocycles. The van der Waals surface area contributed by atoms with Gasteiger partial charge in [-0.2, -0.15) is 5.26 Å². The third-order valence-corrected chi connectivity index (χ3v) is 9.11. The number of carbonyl (C=O) groups is 1. The Labute approximate surface area is 242 Å². The molecule has 1 saturated heterocycles. The number of amides is 1. The smallest absolute Gasteiger partial charge is 0.260 e. The second kappa shape index (κ2) is 9.43. The summed E-state index contributed by atoms with van der Waals surface area (Å²) in [5.74, 6) is 1.50. The predicted octanol–water partition coefficient (Wildman–Crippen LogP) is 5.35. The van der Waals surface area contributed by atoms with E-state index < -0.39 is 0 Å². The van der Waals surface area contributed by atoms with Gasteiger partial charge in [0.1, 0.15) is 18.0 Å². The average molecular weight is 558 g/mol. The first-order chi connectivity index (χ1) is 20.5. The Balaban J connectivity index is 1.17. The number of fused-ring (bicyclic) bond motifs is 2. The predicted molar refractivity (Wildman–Crippen MR) is 155 cm³/mol. The van der Waals surface area contributed by atoms with Crippen LogP contribution in [0.2, 0.25) is 0 Å². The van der Waals surface area contributed by atoms with Gasteiger partial charge in [0.15, 0.2) is 5.82 Å². The van der Waals surface area contributed by atoms with E-state index in [4.69, 9.17) is 4.98 Å². The third-order valence-electron chi connectivity index (χ3n) is 9.11. The molecule has 4 aromatic rings. The number of likely N-dealkylation sites (tertiary alicyclic amines) is 1. The Morgan fingerprint density at radius 1 is 1.05 bits per heavy atom. The second-order valence-corrected chi connectivity index (χ2v) is 11.8. The van der Waals surface area contributed by atoms with Crippen LogP contribution in [-0.4, -0.2) is 43.1 Å². The van der Waals surface area contributed by atoms with E-state index in [1.54, 1.807) is 23.4 Å². The molecule has 8 nitrogen and oxygen atoms in total. The van der Waals surface area contributed by atoms with Crippen molar-refractivity contribution < 1.29 is 9.18 Å². The molecule has 4 heterocycles. The van der Waals surface area contributed by atoms with Crippen LogP contribution in [0, 0.1) is 23.1 Å². The van der Waals surface area contributed by atoms with Crippen LogP contribution in [0.15, 0.2) is 60.9 Å². The van der Waals surface area contributed by atoms with E-state index in [2.05, 4.69) is 39.4 Å². The fourth-order valence-corrected chi connectivity index (χ4v) is 6.60. The molecule has 1 saturated carbocycles. The van der Waals surface area contributed by atoms with Crippen LogP contribution in [-0.2, 0) is 20.1 Å². The summed E-state index contributed by atoms with van der Waals surface area (Å²) in [4.78, 5) is 22.7. The number of aryl methyl sites for hydroxylation is 1. The van der Waals surface area contributed by atoms with Crippen molar-refractivity contribution >= 4 is 11.7 Å². The number of pyridine rings is 1. The zero-order chi connectivity index (χ0) is 28.5. The zero-order valence-corrected chi connectivity index (χ0v) is 23.2. The summed E-state index contributed by atoms with van der Waals surface area (Å²) >= 11 is 0. The van der Waals surface area contributed by atoms with Crippen LogP contribution in [0.25, 0.3) is 22.5 Å². The molecule has 0 bridgehead atoms. The van der Waals surface area contributed by atoms with Gasteiger partial charge >= 0.3 is 0 Å².